The molecule has 2 aliphatic rings. The SMILES string of the molecule is COC1(C(=O)N2CCC(NC(=O)Nc3ccc(F)cc3)CC2)CCNCC1. The number of likely N-dealkylation sites (tertiary alicyclic amines) is 1. The first kappa shape index (κ1) is 19.6. The maximum atomic E-state index is 12.9. The lowest BCUT2D eigenvalue weighted by atomic mass is 9.89. The minimum atomic E-state index is -0.717. The van der Waals surface area contributed by atoms with E-state index in [1.807, 2.05) is 4.90 Å². The molecular formula is C19H27FN4O3. The molecule has 0 aromatic heterocycles. The summed E-state index contributed by atoms with van der Waals surface area (Å²) in [7, 11) is 1.61. The molecule has 1 aromatic rings. The first-order valence-corrected chi connectivity index (χ1v) is 9.41. The molecule has 0 bridgehead atoms. The van der Waals surface area contributed by atoms with Crippen molar-refractivity contribution in [2.24, 2.45) is 0 Å². The minimum absolute atomic E-state index is 0.000941. The number of benzene rings is 1. The number of urea groups is 1. The topological polar surface area (TPSA) is 82.7 Å². The van der Waals surface area contributed by atoms with E-state index >= 15 is 0 Å². The van der Waals surface area contributed by atoms with E-state index in [-0.39, 0.29) is 23.8 Å². The molecule has 2 aliphatic heterocycles. The monoisotopic (exact) mass is 378 g/mol. The maximum absolute atomic E-state index is 12.9. The highest BCUT2D eigenvalue weighted by Gasteiger charge is 2.43. The van der Waals surface area contributed by atoms with Crippen LogP contribution in [0, 0.1) is 5.82 Å². The van der Waals surface area contributed by atoms with Crippen LogP contribution in [0.4, 0.5) is 14.9 Å². The van der Waals surface area contributed by atoms with Gasteiger partial charge in [0.1, 0.15) is 11.4 Å². The van der Waals surface area contributed by atoms with Gasteiger partial charge in [0.2, 0.25) is 0 Å². The number of anilines is 1. The van der Waals surface area contributed by atoms with Gasteiger partial charge in [-0.1, -0.05) is 0 Å². The predicted molar refractivity (Wildman–Crippen MR) is 100 cm³/mol. The van der Waals surface area contributed by atoms with Crippen LogP contribution in [0.15, 0.2) is 24.3 Å². The van der Waals surface area contributed by atoms with Crippen LogP contribution in [0.3, 0.4) is 0 Å². The summed E-state index contributed by atoms with van der Waals surface area (Å²) in [6.07, 6.45) is 2.75. The highest BCUT2D eigenvalue weighted by atomic mass is 19.1. The number of hydrogen-bond donors (Lipinski definition) is 3. The third-order valence-corrected chi connectivity index (χ3v) is 5.41. The molecule has 0 unspecified atom stereocenters. The maximum Gasteiger partial charge on any atom is 0.319 e. The Morgan fingerprint density at radius 2 is 1.81 bits per heavy atom. The first-order chi connectivity index (χ1) is 13.0. The van der Waals surface area contributed by atoms with Crippen molar-refractivity contribution in [3.63, 3.8) is 0 Å². The molecule has 27 heavy (non-hydrogen) atoms. The molecule has 0 spiro atoms. The average molecular weight is 378 g/mol. The van der Waals surface area contributed by atoms with E-state index in [9.17, 15) is 14.0 Å². The Bertz CT molecular complexity index is 653. The van der Waals surface area contributed by atoms with Crippen LogP contribution in [-0.2, 0) is 9.53 Å². The largest absolute Gasteiger partial charge is 0.368 e. The molecule has 2 fully saturated rings. The van der Waals surface area contributed by atoms with Gasteiger partial charge in [0.15, 0.2) is 0 Å². The summed E-state index contributed by atoms with van der Waals surface area (Å²) in [6.45, 7) is 2.75. The molecule has 0 aliphatic carbocycles. The second-order valence-corrected chi connectivity index (χ2v) is 7.12. The third-order valence-electron chi connectivity index (χ3n) is 5.41. The van der Waals surface area contributed by atoms with E-state index in [0.29, 0.717) is 44.5 Å². The molecule has 148 valence electrons. The molecule has 2 heterocycles. The second kappa shape index (κ2) is 8.67. The van der Waals surface area contributed by atoms with E-state index in [0.717, 1.165) is 13.1 Å². The van der Waals surface area contributed by atoms with Crippen LogP contribution < -0.4 is 16.0 Å². The number of nitrogens with zero attached hydrogens (tertiary/aromatic N) is 1. The van der Waals surface area contributed by atoms with Crippen molar-refractivity contribution >= 4 is 17.6 Å². The van der Waals surface area contributed by atoms with Crippen molar-refractivity contribution in [3.05, 3.63) is 30.1 Å². The zero-order valence-corrected chi connectivity index (χ0v) is 15.6. The van der Waals surface area contributed by atoms with E-state index < -0.39 is 5.60 Å². The lowest BCUT2D eigenvalue weighted by Gasteiger charge is -2.41. The highest BCUT2D eigenvalue weighted by molar-refractivity contribution is 5.89. The number of carbonyl (C=O) groups excluding carboxylic acids is 2. The smallest absolute Gasteiger partial charge is 0.319 e. The van der Waals surface area contributed by atoms with Gasteiger partial charge in [-0.25, -0.2) is 9.18 Å². The lowest BCUT2D eigenvalue weighted by molar-refractivity contribution is -0.159. The van der Waals surface area contributed by atoms with Crippen molar-refractivity contribution in [2.75, 3.05) is 38.6 Å². The van der Waals surface area contributed by atoms with Gasteiger partial charge >= 0.3 is 6.03 Å². The number of hydrogen-bond acceptors (Lipinski definition) is 4. The summed E-state index contributed by atoms with van der Waals surface area (Å²) in [5, 5.41) is 8.87. The summed E-state index contributed by atoms with van der Waals surface area (Å²) in [4.78, 5) is 26.9. The molecule has 3 N–H and O–H groups in total. The Morgan fingerprint density at radius 3 is 2.41 bits per heavy atom. The average Bonchev–Trinajstić information content (AvgIpc) is 2.70. The molecule has 0 atom stereocenters. The number of halogens is 1. The van der Waals surface area contributed by atoms with Gasteiger partial charge in [-0.3, -0.25) is 4.79 Å². The number of amides is 3. The van der Waals surface area contributed by atoms with E-state index in [1.165, 1.54) is 24.3 Å². The normalized spacial score (nSPS) is 20.1. The third kappa shape index (κ3) is 4.75. The van der Waals surface area contributed by atoms with Crippen molar-refractivity contribution in [1.82, 2.24) is 15.5 Å². The quantitative estimate of drug-likeness (QED) is 0.745. The first-order valence-electron chi connectivity index (χ1n) is 9.41. The van der Waals surface area contributed by atoms with Gasteiger partial charge in [0, 0.05) is 31.9 Å². The molecule has 0 saturated carbocycles. The summed E-state index contributed by atoms with van der Waals surface area (Å²) in [5.74, 6) is -0.290. The molecule has 7 nitrogen and oxygen atoms in total. The Hall–Kier alpha value is -2.19. The van der Waals surface area contributed by atoms with Gasteiger partial charge in [0.25, 0.3) is 5.91 Å². The van der Waals surface area contributed by atoms with Crippen molar-refractivity contribution < 1.29 is 18.7 Å². The van der Waals surface area contributed by atoms with Crippen LogP contribution in [0.2, 0.25) is 0 Å². The van der Waals surface area contributed by atoms with Gasteiger partial charge in [-0.15, -0.1) is 0 Å². The van der Waals surface area contributed by atoms with Crippen LogP contribution in [-0.4, -0.2) is 61.8 Å². The molecule has 1 aromatic carbocycles. The number of nitrogens with one attached hydrogen (secondary N) is 3. The lowest BCUT2D eigenvalue weighted by Crippen LogP contribution is -2.58. The number of piperidine rings is 2. The second-order valence-electron chi connectivity index (χ2n) is 7.12. The molecule has 8 heteroatoms. The fraction of sp³-hybridized carbons (Fsp3) is 0.579. The number of rotatable bonds is 4. The molecule has 2 saturated heterocycles. The highest BCUT2D eigenvalue weighted by Crippen LogP contribution is 2.26. The summed E-state index contributed by atoms with van der Waals surface area (Å²) < 4.78 is 18.5. The Morgan fingerprint density at radius 1 is 1.19 bits per heavy atom. The van der Waals surface area contributed by atoms with Crippen LogP contribution in [0.25, 0.3) is 0 Å². The van der Waals surface area contributed by atoms with Crippen LogP contribution in [0.1, 0.15) is 25.7 Å². The van der Waals surface area contributed by atoms with Gasteiger partial charge < -0.3 is 25.6 Å². The molecule has 0 radical (unpaired) electrons. The molecule has 3 rings (SSSR count). The van der Waals surface area contributed by atoms with Gasteiger partial charge in [-0.2, -0.15) is 0 Å². The van der Waals surface area contributed by atoms with Gasteiger partial charge in [0.05, 0.1) is 0 Å². The Kier molecular flexibility index (Phi) is 6.28. The number of methoxy groups -OCH3 is 1. The van der Waals surface area contributed by atoms with Crippen LogP contribution in [0.5, 0.6) is 0 Å². The standard InChI is InChI=1S/C19H27FN4O3/c1-27-19(8-10-21-11-9-19)17(25)24-12-6-16(7-13-24)23-18(26)22-15-4-2-14(20)3-5-15/h2-5,16,21H,6-13H2,1H3,(H2,22,23,26). The summed E-state index contributed by atoms with van der Waals surface area (Å²) in [6, 6.07) is 5.30. The molecule has 3 amide bonds. The molecular weight excluding hydrogens is 351 g/mol. The number of ether oxygens (including phenoxy) is 1. The summed E-state index contributed by atoms with van der Waals surface area (Å²) >= 11 is 0. The fourth-order valence-electron chi connectivity index (χ4n) is 3.74. The number of carbonyl (C=O) groups is 2. The van der Waals surface area contributed by atoms with Crippen molar-refractivity contribution in [2.45, 2.75) is 37.3 Å². The van der Waals surface area contributed by atoms with Crippen molar-refractivity contribution in [1.29, 1.82) is 0 Å². The van der Waals surface area contributed by atoms with E-state index in [2.05, 4.69) is 16.0 Å². The van der Waals surface area contributed by atoms with Crippen molar-refractivity contribution in [3.8, 4) is 0 Å². The predicted octanol–water partition coefficient (Wildman–Crippen LogP) is 1.71. The fourth-order valence-corrected chi connectivity index (χ4v) is 3.74. The van der Waals surface area contributed by atoms with Gasteiger partial charge in [-0.05, 0) is 63.0 Å². The van der Waals surface area contributed by atoms with E-state index in [4.69, 9.17) is 4.74 Å². The zero-order chi connectivity index (χ0) is 19.3. The summed E-state index contributed by atoms with van der Waals surface area (Å²) in [5.41, 5.74) is -0.180. The van der Waals surface area contributed by atoms with Crippen LogP contribution >= 0.6 is 0 Å². The Balaban J connectivity index is 1.47. The van der Waals surface area contributed by atoms with E-state index in [1.54, 1.807) is 7.11 Å². The Labute approximate surface area is 158 Å². The minimum Gasteiger partial charge on any atom is -0.368 e. The zero-order valence-electron chi connectivity index (χ0n) is 15.6.